The number of hydrogen-bond acceptors (Lipinski definition) is 0. The van der Waals surface area contributed by atoms with Crippen LogP contribution in [0.15, 0.2) is 146 Å². The maximum Gasteiger partial charge on any atom is -0.172 e. The summed E-state index contributed by atoms with van der Waals surface area (Å²) in [7, 11) is 0. The van der Waals surface area contributed by atoms with Gasteiger partial charge in [-0.2, -0.15) is 35.9 Å². The minimum atomic E-state index is 0. The Bertz CT molecular complexity index is 2420. The molecule has 1 aliphatic carbocycles. The summed E-state index contributed by atoms with van der Waals surface area (Å²) in [6, 6.07) is 54.8. The maximum atomic E-state index is 5.98. The summed E-state index contributed by atoms with van der Waals surface area (Å²) in [6.07, 6.45) is 1.01. The van der Waals surface area contributed by atoms with Crippen molar-refractivity contribution in [2.75, 3.05) is 0 Å². The van der Waals surface area contributed by atoms with Crippen LogP contribution in [0.5, 0.6) is 0 Å². The first-order valence-electron chi connectivity index (χ1n) is 21.8. The van der Waals surface area contributed by atoms with Gasteiger partial charge in [0, 0.05) is 0 Å². The fraction of sp³-hybridized carbons (Fsp3) is 0.288. The van der Waals surface area contributed by atoms with Gasteiger partial charge in [0.2, 0.25) is 0 Å². The zero-order valence-corrected chi connectivity index (χ0v) is 45.1. The van der Waals surface area contributed by atoms with E-state index in [0.29, 0.717) is 0 Å². The van der Waals surface area contributed by atoms with Gasteiger partial charge >= 0.3 is 191 Å². The van der Waals surface area contributed by atoms with E-state index in [0.717, 1.165) is 16.5 Å². The summed E-state index contributed by atoms with van der Waals surface area (Å²) in [4.78, 5) is 0. The second-order valence-electron chi connectivity index (χ2n) is 20.7. The molecular formula is C59H62Cl4Zr-2. The van der Waals surface area contributed by atoms with E-state index >= 15 is 0 Å². The molecule has 1 aliphatic rings. The Labute approximate surface area is 422 Å². The van der Waals surface area contributed by atoms with E-state index in [9.17, 15) is 0 Å². The molecule has 7 aromatic carbocycles. The summed E-state index contributed by atoms with van der Waals surface area (Å²) in [6.45, 7) is 28.0. The van der Waals surface area contributed by atoms with Crippen LogP contribution in [0, 0.1) is 6.07 Å². The fourth-order valence-electron chi connectivity index (χ4n) is 8.06. The molecule has 0 unspecified atom stereocenters. The van der Waals surface area contributed by atoms with Crippen molar-refractivity contribution in [3.63, 3.8) is 0 Å². The Kier molecular flexibility index (Phi) is 17.9. The SMILES string of the molecule is CC(C)(C)c1[c-]c2c(cc1C(C)(C)C)-c1cc(C(C)(C)C)c(C(C)(C)C)cc1C2.Clc1ccc(-c2ccc([C](=[Zr+2])c3ccc(-c4ccc(Cl)cc4)cc3)cc2)cc1.[Cl-].[Cl-].c1cc[cH-]c1. The number of fused-ring (bicyclic) bond motifs is 3. The molecule has 0 saturated carbocycles. The van der Waals surface area contributed by atoms with Crippen LogP contribution < -0.4 is 24.8 Å². The molecule has 0 bridgehead atoms. The van der Waals surface area contributed by atoms with Crippen molar-refractivity contribution in [3.05, 3.63) is 206 Å². The Balaban J connectivity index is 0.000000245. The molecule has 0 fully saturated rings. The van der Waals surface area contributed by atoms with E-state index in [1.165, 1.54) is 105 Å². The molecule has 5 heteroatoms. The molecule has 0 saturated heterocycles. The van der Waals surface area contributed by atoms with Crippen LogP contribution in [-0.2, 0) is 52.3 Å². The first-order chi connectivity index (χ1) is 29.0. The van der Waals surface area contributed by atoms with Crippen molar-refractivity contribution < 1.29 is 49.0 Å². The zero-order chi connectivity index (χ0) is 45.2. The third-order valence-corrected chi connectivity index (χ3v) is 13.4. The average Bonchev–Trinajstić information content (AvgIpc) is 3.92. The minimum absolute atomic E-state index is 0. The molecule has 0 radical (unpaired) electrons. The molecule has 7 aromatic rings. The predicted molar refractivity (Wildman–Crippen MR) is 267 cm³/mol. The van der Waals surface area contributed by atoms with Crippen LogP contribution in [0.3, 0.4) is 0 Å². The van der Waals surface area contributed by atoms with Gasteiger partial charge in [-0.1, -0.05) is 106 Å². The smallest absolute Gasteiger partial charge is 0.172 e. The predicted octanol–water partition coefficient (Wildman–Crippen LogP) is 11.1. The van der Waals surface area contributed by atoms with Gasteiger partial charge in [0.25, 0.3) is 0 Å². The molecule has 8 rings (SSSR count). The fourth-order valence-corrected chi connectivity index (χ4v) is 9.13. The van der Waals surface area contributed by atoms with E-state index in [2.05, 4.69) is 180 Å². The van der Waals surface area contributed by atoms with Gasteiger partial charge in [0.15, 0.2) is 0 Å². The Morgan fingerprint density at radius 2 is 0.844 bits per heavy atom. The molecular weight excluding hydrogens is 942 g/mol. The van der Waals surface area contributed by atoms with E-state index in [1.54, 1.807) is 0 Å². The van der Waals surface area contributed by atoms with E-state index in [4.69, 9.17) is 23.2 Å². The van der Waals surface area contributed by atoms with Gasteiger partial charge in [0.1, 0.15) is 0 Å². The number of benzene rings is 6. The minimum Gasteiger partial charge on any atom is -1.00 e. The third-order valence-electron chi connectivity index (χ3n) is 11.5. The van der Waals surface area contributed by atoms with Crippen molar-refractivity contribution in [2.45, 2.75) is 111 Å². The molecule has 0 aliphatic heterocycles. The molecule has 0 N–H and O–H groups in total. The van der Waals surface area contributed by atoms with Crippen LogP contribution in [0.25, 0.3) is 33.4 Å². The monoisotopic (exact) mass is 1000 g/mol. The largest absolute Gasteiger partial charge is 1.00 e. The van der Waals surface area contributed by atoms with E-state index < -0.39 is 0 Å². The summed E-state index contributed by atoms with van der Waals surface area (Å²) in [5, 5.41) is 1.52. The van der Waals surface area contributed by atoms with Crippen LogP contribution in [0.1, 0.15) is 128 Å². The number of rotatable bonds is 4. The van der Waals surface area contributed by atoms with E-state index in [1.807, 2.05) is 54.6 Å². The molecule has 64 heavy (non-hydrogen) atoms. The number of hydrogen-bond donors (Lipinski definition) is 0. The molecule has 0 spiro atoms. The van der Waals surface area contributed by atoms with E-state index in [-0.39, 0.29) is 46.5 Å². The van der Waals surface area contributed by atoms with Crippen LogP contribution in [-0.4, -0.2) is 3.21 Å². The first kappa shape index (κ1) is 53.2. The van der Waals surface area contributed by atoms with Crippen LogP contribution in [0.2, 0.25) is 10.0 Å². The molecule has 0 heterocycles. The van der Waals surface area contributed by atoms with Crippen molar-refractivity contribution in [1.82, 2.24) is 0 Å². The molecule has 0 atom stereocenters. The standard InChI is InChI=1S/C29H41.C25H16Cl2.C5H5.2ClH.Zr/c1-26(2,3)22-14-18-13-19-15-23(27(4,5)6)25(29(10,11)12)17-21(19)20(18)16-24(22)28(7,8)9;26-24-13-9-22(10-14-24)20-5-1-18(2-6-20)17-19-3-7-21(8-4-19)23-11-15-25(27)16-12-23;1-2-4-5-3-1;;;/h14,16-17H,13H2,1-12H3;1-16H;1-5H;2*1H;/q-1;;-1;;;+2/p-2. The summed E-state index contributed by atoms with van der Waals surface area (Å²) in [5.41, 5.74) is 19.2. The third kappa shape index (κ3) is 13.1. The van der Waals surface area contributed by atoms with Crippen molar-refractivity contribution in [2.24, 2.45) is 0 Å². The molecule has 0 aromatic heterocycles. The molecule has 0 amide bonds. The topological polar surface area (TPSA) is 0 Å². The Morgan fingerprint density at radius 3 is 1.19 bits per heavy atom. The Morgan fingerprint density at radius 1 is 0.484 bits per heavy atom. The summed E-state index contributed by atoms with van der Waals surface area (Å²) in [5.74, 6) is 0. The Hall–Kier alpha value is -3.42. The second-order valence-corrected chi connectivity index (χ2v) is 22.8. The van der Waals surface area contributed by atoms with Crippen LogP contribution >= 0.6 is 23.2 Å². The van der Waals surface area contributed by atoms with Gasteiger partial charge in [-0.25, -0.2) is 12.1 Å². The summed E-state index contributed by atoms with van der Waals surface area (Å²) < 4.78 is 1.34. The van der Waals surface area contributed by atoms with Gasteiger partial charge < -0.3 is 24.8 Å². The van der Waals surface area contributed by atoms with Crippen LogP contribution in [0.4, 0.5) is 0 Å². The van der Waals surface area contributed by atoms with Crippen molar-refractivity contribution >= 4 is 26.4 Å². The number of halogens is 4. The van der Waals surface area contributed by atoms with Gasteiger partial charge in [0.05, 0.1) is 0 Å². The summed E-state index contributed by atoms with van der Waals surface area (Å²) >= 11 is 13.4. The van der Waals surface area contributed by atoms with Gasteiger partial charge in [-0.15, -0.1) is 16.7 Å². The van der Waals surface area contributed by atoms with Gasteiger partial charge in [-0.05, 0) is 39.4 Å². The molecule has 0 nitrogen and oxygen atoms in total. The maximum absolute atomic E-state index is 5.98. The average molecular weight is 1000 g/mol. The quantitative estimate of drug-likeness (QED) is 0.154. The molecule has 332 valence electrons. The van der Waals surface area contributed by atoms with Crippen molar-refractivity contribution in [3.8, 4) is 33.4 Å². The normalized spacial score (nSPS) is 12.0. The first-order valence-corrected chi connectivity index (χ1v) is 23.8. The zero-order valence-electron chi connectivity index (χ0n) is 39.6. The second kappa shape index (κ2) is 21.5. The van der Waals surface area contributed by atoms with Crippen molar-refractivity contribution in [1.29, 1.82) is 0 Å². The van der Waals surface area contributed by atoms with Gasteiger partial charge in [-0.3, -0.25) is 0 Å².